The normalized spacial score (nSPS) is 13.1. The average Bonchev–Trinajstić information content (AvgIpc) is 2.47. The summed E-state index contributed by atoms with van der Waals surface area (Å²) in [7, 11) is 0. The van der Waals surface area contributed by atoms with E-state index in [9.17, 15) is 0 Å². The number of hydrogen-bond acceptors (Lipinski definition) is 2. The van der Waals surface area contributed by atoms with E-state index >= 15 is 0 Å². The summed E-state index contributed by atoms with van der Waals surface area (Å²) in [5, 5.41) is 9.69. The zero-order valence-electron chi connectivity index (χ0n) is 11.4. The van der Waals surface area contributed by atoms with Crippen LogP contribution in [-0.4, -0.2) is 10.8 Å². The molecule has 3 heteroatoms. The highest BCUT2D eigenvalue weighted by molar-refractivity contribution is 9.17. The summed E-state index contributed by atoms with van der Waals surface area (Å²) >= 11 is 3.19. The first-order valence-corrected chi connectivity index (χ1v) is 7.08. The Morgan fingerprint density at radius 1 is 1.30 bits per heavy atom. The van der Waals surface area contributed by atoms with Crippen LogP contribution >= 0.6 is 15.9 Å². The van der Waals surface area contributed by atoms with Crippen molar-refractivity contribution in [3.05, 3.63) is 84.1 Å². The van der Waals surface area contributed by atoms with E-state index in [1.807, 2.05) is 55.5 Å². The maximum absolute atomic E-state index is 8.15. The predicted molar refractivity (Wildman–Crippen MR) is 91.9 cm³/mol. The molecule has 0 amide bonds. The lowest BCUT2D eigenvalue weighted by Crippen LogP contribution is -1.97. The fraction of sp³-hybridized carbons (Fsp3) is 0.0588. The van der Waals surface area contributed by atoms with Crippen LogP contribution in [0.4, 0.5) is 0 Å². The fourth-order valence-corrected chi connectivity index (χ4v) is 1.84. The summed E-state index contributed by atoms with van der Waals surface area (Å²) in [5.74, 6) is 0. The molecule has 0 aliphatic rings. The van der Waals surface area contributed by atoms with Gasteiger partial charge in [0.2, 0.25) is 0 Å². The molecule has 0 radical (unpaired) electrons. The van der Waals surface area contributed by atoms with Crippen LogP contribution in [0.15, 0.2) is 83.6 Å². The Balaban J connectivity index is 3.19. The Bertz CT molecular complexity index is 578. The van der Waals surface area contributed by atoms with Gasteiger partial charge in [-0.15, -0.1) is 0 Å². The highest BCUT2D eigenvalue weighted by Crippen LogP contribution is 2.15. The summed E-state index contributed by atoms with van der Waals surface area (Å²) in [5.41, 5.74) is 2.87. The lowest BCUT2D eigenvalue weighted by atomic mass is 10.1. The number of allylic oxidation sites excluding steroid dienone is 5. The Morgan fingerprint density at radius 2 is 2.00 bits per heavy atom. The van der Waals surface area contributed by atoms with Crippen molar-refractivity contribution in [2.45, 2.75) is 6.92 Å². The third-order valence-electron chi connectivity index (χ3n) is 2.49. The molecule has 20 heavy (non-hydrogen) atoms. The van der Waals surface area contributed by atoms with Crippen molar-refractivity contribution < 1.29 is 0 Å². The van der Waals surface area contributed by atoms with Gasteiger partial charge >= 0.3 is 0 Å². The van der Waals surface area contributed by atoms with Gasteiger partial charge in [-0.3, -0.25) is 0 Å². The largest absolute Gasteiger partial charge is 0.300 e. The van der Waals surface area contributed by atoms with Crippen molar-refractivity contribution >= 4 is 26.8 Å². The Kier molecular flexibility index (Phi) is 7.22. The average molecular weight is 329 g/mol. The van der Waals surface area contributed by atoms with Crippen molar-refractivity contribution in [3.8, 4) is 0 Å². The van der Waals surface area contributed by atoms with E-state index in [0.29, 0.717) is 11.4 Å². The van der Waals surface area contributed by atoms with Crippen LogP contribution in [0.2, 0.25) is 0 Å². The van der Waals surface area contributed by atoms with E-state index < -0.39 is 0 Å². The SMILES string of the molecule is C=C/C=C(\C=C/C)C(=C/C(=N)c1ccccc1)/N=CBr. The monoisotopic (exact) mass is 328 g/mol. The van der Waals surface area contributed by atoms with Crippen molar-refractivity contribution in [3.63, 3.8) is 0 Å². The minimum Gasteiger partial charge on any atom is -0.300 e. The van der Waals surface area contributed by atoms with Crippen LogP contribution in [0.25, 0.3) is 0 Å². The highest BCUT2D eigenvalue weighted by atomic mass is 79.9. The van der Waals surface area contributed by atoms with Gasteiger partial charge in [0.05, 0.1) is 16.5 Å². The summed E-state index contributed by atoms with van der Waals surface area (Å²) < 4.78 is 0. The lowest BCUT2D eigenvalue weighted by molar-refractivity contribution is 1.35. The first kappa shape index (κ1) is 16.1. The Hall–Kier alpha value is -2.00. The van der Waals surface area contributed by atoms with E-state index in [1.54, 1.807) is 12.2 Å². The van der Waals surface area contributed by atoms with Crippen molar-refractivity contribution in [1.29, 1.82) is 5.41 Å². The lowest BCUT2D eigenvalue weighted by Gasteiger charge is -2.04. The van der Waals surface area contributed by atoms with Gasteiger partial charge in [0.25, 0.3) is 0 Å². The molecule has 0 spiro atoms. The molecule has 0 saturated heterocycles. The topological polar surface area (TPSA) is 36.2 Å². The molecule has 0 bridgehead atoms. The molecule has 102 valence electrons. The molecule has 2 nitrogen and oxygen atoms in total. The first-order valence-electron chi connectivity index (χ1n) is 6.17. The number of nitrogens with zero attached hydrogens (tertiary/aromatic N) is 1. The van der Waals surface area contributed by atoms with Gasteiger partial charge in [-0.1, -0.05) is 61.2 Å². The number of rotatable bonds is 6. The smallest absolute Gasteiger partial charge is 0.0729 e. The number of benzene rings is 1. The second kappa shape index (κ2) is 8.99. The third-order valence-corrected chi connectivity index (χ3v) is 2.70. The standard InChI is InChI=1S/C17H17BrN2/c1-3-8-15(9-4-2)17(20-13-18)12-16(19)14-10-6-5-7-11-14/h3-13,19H,1H2,2H3/b9-4-,15-8+,17-12-,19-16?,20-13?. The number of nitrogens with one attached hydrogen (secondary N) is 1. The minimum atomic E-state index is 0.415. The van der Waals surface area contributed by atoms with Crippen LogP contribution in [0, 0.1) is 5.41 Å². The van der Waals surface area contributed by atoms with Gasteiger partial charge < -0.3 is 5.41 Å². The summed E-state index contributed by atoms with van der Waals surface area (Å²) in [4.78, 5) is 4.27. The summed E-state index contributed by atoms with van der Waals surface area (Å²) in [6, 6.07) is 9.57. The van der Waals surface area contributed by atoms with Crippen molar-refractivity contribution in [2.75, 3.05) is 0 Å². The van der Waals surface area contributed by atoms with Gasteiger partial charge in [-0.2, -0.15) is 0 Å². The molecule has 0 fully saturated rings. The summed E-state index contributed by atoms with van der Waals surface area (Å²) in [6.07, 6.45) is 9.18. The molecule has 0 aliphatic carbocycles. The Morgan fingerprint density at radius 3 is 2.55 bits per heavy atom. The molecular formula is C17H17BrN2. The molecule has 0 aliphatic heterocycles. The minimum absolute atomic E-state index is 0.415. The molecule has 1 aromatic carbocycles. The van der Waals surface area contributed by atoms with E-state index in [0.717, 1.165) is 11.1 Å². The molecule has 0 aromatic heterocycles. The van der Waals surface area contributed by atoms with Crippen molar-refractivity contribution in [1.82, 2.24) is 0 Å². The quantitative estimate of drug-likeness (QED) is 0.560. The number of aliphatic imine (C=N–C) groups is 1. The van der Waals surface area contributed by atoms with Crippen LogP contribution in [0.3, 0.4) is 0 Å². The van der Waals surface area contributed by atoms with Crippen LogP contribution < -0.4 is 0 Å². The van der Waals surface area contributed by atoms with Gasteiger partial charge in [0.15, 0.2) is 0 Å². The summed E-state index contributed by atoms with van der Waals surface area (Å²) in [6.45, 7) is 5.65. The maximum atomic E-state index is 8.15. The third kappa shape index (κ3) is 4.94. The molecule has 0 heterocycles. The second-order valence-electron chi connectivity index (χ2n) is 3.89. The van der Waals surface area contributed by atoms with Gasteiger partial charge in [-0.05, 0) is 40.1 Å². The van der Waals surface area contributed by atoms with Gasteiger partial charge in [-0.25, -0.2) is 4.99 Å². The molecular weight excluding hydrogens is 312 g/mol. The molecule has 1 N–H and O–H groups in total. The molecule has 0 unspecified atom stereocenters. The zero-order valence-corrected chi connectivity index (χ0v) is 13.0. The fourth-order valence-electron chi connectivity index (χ4n) is 1.62. The van der Waals surface area contributed by atoms with Crippen LogP contribution in [-0.2, 0) is 0 Å². The van der Waals surface area contributed by atoms with Gasteiger partial charge in [0.1, 0.15) is 0 Å². The van der Waals surface area contributed by atoms with E-state index in [-0.39, 0.29) is 0 Å². The van der Waals surface area contributed by atoms with E-state index in [4.69, 9.17) is 5.41 Å². The highest BCUT2D eigenvalue weighted by Gasteiger charge is 2.03. The van der Waals surface area contributed by atoms with Crippen LogP contribution in [0.5, 0.6) is 0 Å². The van der Waals surface area contributed by atoms with E-state index in [2.05, 4.69) is 27.5 Å². The number of hydrogen-bond donors (Lipinski definition) is 1. The molecule has 1 rings (SSSR count). The molecule has 0 saturated carbocycles. The van der Waals surface area contributed by atoms with Crippen molar-refractivity contribution in [2.24, 2.45) is 4.99 Å². The predicted octanol–water partition coefficient (Wildman–Crippen LogP) is 5.05. The van der Waals surface area contributed by atoms with Gasteiger partial charge in [0, 0.05) is 0 Å². The number of halogens is 1. The maximum Gasteiger partial charge on any atom is 0.0729 e. The first-order chi connectivity index (χ1) is 9.72. The Labute approximate surface area is 128 Å². The molecule has 1 aromatic rings. The molecule has 0 atom stereocenters. The second-order valence-corrected chi connectivity index (χ2v) is 4.30. The van der Waals surface area contributed by atoms with Crippen LogP contribution in [0.1, 0.15) is 12.5 Å². The van der Waals surface area contributed by atoms with E-state index in [1.165, 1.54) is 5.12 Å². The zero-order chi connectivity index (χ0) is 14.8.